The van der Waals surface area contributed by atoms with Gasteiger partial charge in [-0.25, -0.2) is 4.98 Å². The Hall–Kier alpha value is -1.91. The SMILES string of the molecule is NC1(c2ccc(Oc3ccc(C45CC6CC4CC6C5)cc3)nc2)COC1. The topological polar surface area (TPSA) is 57.4 Å². The predicted octanol–water partition coefficient (Wildman–Crippen LogP) is 3.75. The summed E-state index contributed by atoms with van der Waals surface area (Å²) >= 11 is 0. The molecule has 1 saturated heterocycles. The van der Waals surface area contributed by atoms with Gasteiger partial charge in [0.25, 0.3) is 0 Å². The average Bonchev–Trinajstić information content (AvgIpc) is 3.36. The van der Waals surface area contributed by atoms with Gasteiger partial charge in [0.1, 0.15) is 5.75 Å². The van der Waals surface area contributed by atoms with Gasteiger partial charge in [-0.3, -0.25) is 0 Å². The second kappa shape index (κ2) is 5.08. The molecule has 5 fully saturated rings. The van der Waals surface area contributed by atoms with Crippen molar-refractivity contribution < 1.29 is 9.47 Å². The summed E-state index contributed by atoms with van der Waals surface area (Å²) in [6.45, 7) is 1.11. The summed E-state index contributed by atoms with van der Waals surface area (Å²) < 4.78 is 11.2. The van der Waals surface area contributed by atoms with E-state index < -0.39 is 0 Å². The maximum atomic E-state index is 6.24. The van der Waals surface area contributed by atoms with Crippen molar-refractivity contribution in [2.45, 2.75) is 36.6 Å². The van der Waals surface area contributed by atoms with Crippen molar-refractivity contribution >= 4 is 0 Å². The van der Waals surface area contributed by atoms with E-state index in [-0.39, 0.29) is 5.54 Å². The quantitative estimate of drug-likeness (QED) is 0.914. The zero-order chi connectivity index (χ0) is 17.4. The lowest BCUT2D eigenvalue weighted by Crippen LogP contribution is -2.54. The monoisotopic (exact) mass is 348 g/mol. The highest BCUT2D eigenvalue weighted by Gasteiger charge is 2.63. The smallest absolute Gasteiger partial charge is 0.219 e. The Bertz CT molecular complexity index is 827. The first-order valence-electron chi connectivity index (χ1n) is 9.76. The van der Waals surface area contributed by atoms with Crippen molar-refractivity contribution in [2.24, 2.45) is 23.5 Å². The zero-order valence-electron chi connectivity index (χ0n) is 14.9. The van der Waals surface area contributed by atoms with Gasteiger partial charge in [-0.2, -0.15) is 0 Å². The number of rotatable bonds is 4. The Labute approximate surface area is 153 Å². The third-order valence-electron chi connectivity index (χ3n) is 7.56. The number of nitrogens with zero attached hydrogens (tertiary/aromatic N) is 1. The number of hydrogen-bond acceptors (Lipinski definition) is 4. The predicted molar refractivity (Wildman–Crippen MR) is 98.1 cm³/mol. The largest absolute Gasteiger partial charge is 0.439 e. The summed E-state index contributed by atoms with van der Waals surface area (Å²) in [5.41, 5.74) is 8.86. The van der Waals surface area contributed by atoms with Gasteiger partial charge in [0.15, 0.2) is 0 Å². The molecule has 4 heteroatoms. The fraction of sp³-hybridized carbons (Fsp3) is 0.500. The Balaban J connectivity index is 1.19. The van der Waals surface area contributed by atoms with Crippen LogP contribution in [0.1, 0.15) is 36.8 Å². The molecule has 2 unspecified atom stereocenters. The van der Waals surface area contributed by atoms with Crippen LogP contribution in [0.25, 0.3) is 0 Å². The number of pyridine rings is 1. The molecule has 1 aliphatic heterocycles. The van der Waals surface area contributed by atoms with Crippen LogP contribution in [0.5, 0.6) is 11.6 Å². The summed E-state index contributed by atoms with van der Waals surface area (Å²) in [5.74, 6) is 4.39. The van der Waals surface area contributed by atoms with Gasteiger partial charge < -0.3 is 15.2 Å². The minimum absolute atomic E-state index is 0.381. The molecule has 1 aromatic carbocycles. The maximum absolute atomic E-state index is 6.24. The van der Waals surface area contributed by atoms with Gasteiger partial charge >= 0.3 is 0 Å². The molecule has 0 radical (unpaired) electrons. The van der Waals surface area contributed by atoms with Crippen LogP contribution >= 0.6 is 0 Å². The Morgan fingerprint density at radius 2 is 1.65 bits per heavy atom. The first-order valence-corrected chi connectivity index (χ1v) is 9.76. The van der Waals surface area contributed by atoms with Crippen LogP contribution in [0, 0.1) is 17.8 Å². The lowest BCUT2D eigenvalue weighted by Gasteiger charge is -2.37. The third kappa shape index (κ3) is 2.00. The molecule has 4 aliphatic carbocycles. The van der Waals surface area contributed by atoms with Gasteiger partial charge in [-0.05, 0) is 72.1 Å². The van der Waals surface area contributed by atoms with Crippen molar-refractivity contribution in [2.75, 3.05) is 13.2 Å². The van der Waals surface area contributed by atoms with Gasteiger partial charge in [-0.1, -0.05) is 18.2 Å². The highest BCUT2D eigenvalue weighted by atomic mass is 16.5. The summed E-state index contributed by atoms with van der Waals surface area (Å²) in [5, 5.41) is 0. The lowest BCUT2D eigenvalue weighted by molar-refractivity contribution is -0.0570. The number of aromatic nitrogens is 1. The average molecular weight is 348 g/mol. The lowest BCUT2D eigenvalue weighted by atomic mass is 9.75. The Kier molecular flexibility index (Phi) is 2.97. The molecule has 2 aromatic rings. The van der Waals surface area contributed by atoms with Crippen molar-refractivity contribution in [1.82, 2.24) is 4.98 Å². The van der Waals surface area contributed by atoms with Crippen molar-refractivity contribution in [3.8, 4) is 11.6 Å². The summed E-state index contributed by atoms with van der Waals surface area (Å²) in [4.78, 5) is 4.42. The number of nitrogens with two attached hydrogens (primary N) is 1. The van der Waals surface area contributed by atoms with Gasteiger partial charge in [-0.15, -0.1) is 0 Å². The van der Waals surface area contributed by atoms with Crippen LogP contribution in [-0.2, 0) is 15.7 Å². The maximum Gasteiger partial charge on any atom is 0.219 e. The summed E-state index contributed by atoms with van der Waals surface area (Å²) in [6, 6.07) is 12.7. The molecule has 5 aliphatic rings. The molecule has 26 heavy (non-hydrogen) atoms. The molecule has 4 saturated carbocycles. The third-order valence-corrected chi connectivity index (χ3v) is 7.56. The van der Waals surface area contributed by atoms with Crippen LogP contribution in [0.4, 0.5) is 0 Å². The number of ether oxygens (including phenoxy) is 2. The molecule has 4 nitrogen and oxygen atoms in total. The van der Waals surface area contributed by atoms with Crippen LogP contribution < -0.4 is 10.5 Å². The van der Waals surface area contributed by atoms with E-state index in [2.05, 4.69) is 29.2 Å². The van der Waals surface area contributed by atoms with Crippen molar-refractivity contribution in [1.29, 1.82) is 0 Å². The van der Waals surface area contributed by atoms with E-state index >= 15 is 0 Å². The highest BCUT2D eigenvalue weighted by Crippen LogP contribution is 2.70. The van der Waals surface area contributed by atoms with Crippen LogP contribution in [0.2, 0.25) is 0 Å². The second-order valence-corrected chi connectivity index (χ2v) is 8.91. The number of benzene rings is 1. The Morgan fingerprint density at radius 3 is 2.15 bits per heavy atom. The zero-order valence-corrected chi connectivity index (χ0v) is 14.9. The fourth-order valence-corrected chi connectivity index (χ4v) is 6.19. The van der Waals surface area contributed by atoms with E-state index in [1.54, 1.807) is 6.20 Å². The molecule has 4 bridgehead atoms. The second-order valence-electron chi connectivity index (χ2n) is 8.91. The molecular weight excluding hydrogens is 324 g/mol. The van der Waals surface area contributed by atoms with E-state index in [1.165, 1.54) is 31.2 Å². The molecule has 2 atom stereocenters. The van der Waals surface area contributed by atoms with Crippen LogP contribution in [0.15, 0.2) is 42.6 Å². The van der Waals surface area contributed by atoms with Crippen molar-refractivity contribution in [3.05, 3.63) is 53.7 Å². The molecule has 134 valence electrons. The molecule has 0 amide bonds. The molecular formula is C22H24N2O2. The van der Waals surface area contributed by atoms with E-state index in [9.17, 15) is 0 Å². The fourth-order valence-electron chi connectivity index (χ4n) is 6.19. The standard InChI is InChI=1S/C22H24N2O2/c23-22(12-25-13-22)17-3-6-20(24-11-17)26-19-4-1-16(2-5-19)21-9-14-7-18(21)8-15(14)10-21/h1-6,11,14-15,18H,7-10,12-13,23H2. The minimum atomic E-state index is -0.381. The normalized spacial score (nSPS) is 35.7. The first kappa shape index (κ1) is 15.2. The van der Waals surface area contributed by atoms with Gasteiger partial charge in [0.05, 0.1) is 18.8 Å². The van der Waals surface area contributed by atoms with E-state index in [4.69, 9.17) is 15.2 Å². The molecule has 7 rings (SSSR count). The number of hydrogen-bond donors (Lipinski definition) is 1. The molecule has 2 heterocycles. The Morgan fingerprint density at radius 1 is 0.962 bits per heavy atom. The first-order chi connectivity index (χ1) is 12.6. The van der Waals surface area contributed by atoms with Gasteiger partial charge in [0, 0.05) is 12.3 Å². The van der Waals surface area contributed by atoms with E-state index in [1.807, 2.05) is 12.1 Å². The van der Waals surface area contributed by atoms with Crippen LogP contribution in [0.3, 0.4) is 0 Å². The van der Waals surface area contributed by atoms with Crippen LogP contribution in [-0.4, -0.2) is 18.2 Å². The summed E-state index contributed by atoms with van der Waals surface area (Å²) in [7, 11) is 0. The van der Waals surface area contributed by atoms with Crippen molar-refractivity contribution in [3.63, 3.8) is 0 Å². The highest BCUT2D eigenvalue weighted by molar-refractivity contribution is 5.39. The minimum Gasteiger partial charge on any atom is -0.439 e. The van der Waals surface area contributed by atoms with Gasteiger partial charge in [0.2, 0.25) is 5.88 Å². The molecule has 0 spiro atoms. The summed E-state index contributed by atoms with van der Waals surface area (Å²) in [6.07, 6.45) is 7.56. The van der Waals surface area contributed by atoms with E-state index in [0.717, 1.165) is 29.1 Å². The van der Waals surface area contributed by atoms with E-state index in [0.29, 0.717) is 24.5 Å². The molecule has 1 aromatic heterocycles. The molecule has 2 N–H and O–H groups in total.